The van der Waals surface area contributed by atoms with E-state index in [0.717, 1.165) is 5.56 Å². The van der Waals surface area contributed by atoms with Gasteiger partial charge in [0.15, 0.2) is 0 Å². The molecule has 3 amide bonds. The lowest BCUT2D eigenvalue weighted by atomic mass is 9.85. The van der Waals surface area contributed by atoms with Crippen molar-refractivity contribution >= 4 is 29.3 Å². The second-order valence-electron chi connectivity index (χ2n) is 7.78. The van der Waals surface area contributed by atoms with Crippen molar-refractivity contribution in [2.45, 2.75) is 64.0 Å². The molecule has 1 unspecified atom stereocenters. The van der Waals surface area contributed by atoms with E-state index in [4.69, 9.17) is 17.3 Å². The van der Waals surface area contributed by atoms with Crippen molar-refractivity contribution in [2.24, 2.45) is 11.7 Å². The lowest BCUT2D eigenvalue weighted by molar-refractivity contribution is -0.128. The van der Waals surface area contributed by atoms with E-state index in [2.05, 4.69) is 10.6 Å². The molecule has 1 aromatic carbocycles. The zero-order chi connectivity index (χ0) is 20.0. The van der Waals surface area contributed by atoms with Crippen LogP contribution in [0.3, 0.4) is 0 Å². The van der Waals surface area contributed by atoms with Gasteiger partial charge in [0.05, 0.1) is 0 Å². The number of hydrogen-bond donors (Lipinski definition) is 3. The Morgan fingerprint density at radius 1 is 1.30 bits per heavy atom. The molecule has 1 saturated heterocycles. The van der Waals surface area contributed by atoms with Crippen LogP contribution in [0.15, 0.2) is 24.3 Å². The molecule has 6 nitrogen and oxygen atoms in total. The lowest BCUT2D eigenvalue weighted by Gasteiger charge is -2.29. The highest BCUT2D eigenvalue weighted by atomic mass is 35.5. The summed E-state index contributed by atoms with van der Waals surface area (Å²) < 4.78 is 0. The predicted octanol–water partition coefficient (Wildman–Crippen LogP) is 2.33. The van der Waals surface area contributed by atoms with Crippen LogP contribution in [0, 0.1) is 5.92 Å². The molecular formula is C20H28ClN3O3. The Morgan fingerprint density at radius 3 is 2.48 bits per heavy atom. The molecule has 2 rings (SSSR count). The first-order chi connectivity index (χ1) is 12.7. The van der Waals surface area contributed by atoms with Gasteiger partial charge in [-0.1, -0.05) is 37.6 Å². The molecule has 0 radical (unpaired) electrons. The molecule has 4 N–H and O–H groups in total. The van der Waals surface area contributed by atoms with Crippen molar-refractivity contribution in [1.82, 2.24) is 10.6 Å². The van der Waals surface area contributed by atoms with Crippen LogP contribution < -0.4 is 16.4 Å². The van der Waals surface area contributed by atoms with Crippen LogP contribution in [-0.2, 0) is 20.8 Å². The number of nitrogens with one attached hydrogen (secondary N) is 2. The van der Waals surface area contributed by atoms with Crippen LogP contribution in [0.5, 0.6) is 0 Å². The number of nitrogens with two attached hydrogens (primary N) is 1. The molecule has 1 heterocycles. The standard InChI is InChI=1S/C20H28ClN3O3/c1-13(2)11-16(19(22)27)23-17(25)7-9-20(10-8-18(26)24-20)12-14-3-5-15(21)6-4-14/h3-6,13,16H,7-12H2,1-2H3,(H2,22,27)(H,23,25)(H,24,26)/t16-,20?/m0/s1. The number of primary amides is 1. The van der Waals surface area contributed by atoms with Gasteiger partial charge in [0.1, 0.15) is 6.04 Å². The van der Waals surface area contributed by atoms with Crippen molar-refractivity contribution in [3.63, 3.8) is 0 Å². The van der Waals surface area contributed by atoms with Gasteiger partial charge in [0.2, 0.25) is 17.7 Å². The fraction of sp³-hybridized carbons (Fsp3) is 0.550. The van der Waals surface area contributed by atoms with Gasteiger partial charge >= 0.3 is 0 Å². The summed E-state index contributed by atoms with van der Waals surface area (Å²) >= 11 is 5.94. The van der Waals surface area contributed by atoms with Crippen LogP contribution in [0.2, 0.25) is 5.02 Å². The van der Waals surface area contributed by atoms with Crippen molar-refractivity contribution < 1.29 is 14.4 Å². The zero-order valence-corrected chi connectivity index (χ0v) is 16.6. The minimum Gasteiger partial charge on any atom is -0.368 e. The van der Waals surface area contributed by atoms with E-state index in [1.54, 1.807) is 0 Å². The van der Waals surface area contributed by atoms with E-state index in [1.807, 2.05) is 38.1 Å². The first-order valence-electron chi connectivity index (χ1n) is 9.33. The van der Waals surface area contributed by atoms with E-state index < -0.39 is 17.5 Å². The van der Waals surface area contributed by atoms with Crippen molar-refractivity contribution in [3.05, 3.63) is 34.9 Å². The minimum absolute atomic E-state index is 0.000748. The molecule has 0 saturated carbocycles. The smallest absolute Gasteiger partial charge is 0.240 e. The Hall–Kier alpha value is -2.08. The van der Waals surface area contributed by atoms with Crippen molar-refractivity contribution in [3.8, 4) is 0 Å². The summed E-state index contributed by atoms with van der Waals surface area (Å²) in [4.78, 5) is 35.8. The molecule has 7 heteroatoms. The van der Waals surface area contributed by atoms with E-state index in [9.17, 15) is 14.4 Å². The zero-order valence-electron chi connectivity index (χ0n) is 15.9. The Kier molecular flexibility index (Phi) is 7.25. The number of carbonyl (C=O) groups is 3. The summed E-state index contributed by atoms with van der Waals surface area (Å²) in [5.74, 6) is -0.509. The number of rotatable bonds is 9. The number of halogens is 1. The predicted molar refractivity (Wildman–Crippen MR) is 105 cm³/mol. The molecule has 0 spiro atoms. The average molecular weight is 394 g/mol. The highest BCUT2D eigenvalue weighted by molar-refractivity contribution is 6.30. The maximum absolute atomic E-state index is 12.4. The second kappa shape index (κ2) is 9.22. The van der Waals surface area contributed by atoms with Crippen LogP contribution in [0.25, 0.3) is 0 Å². The van der Waals surface area contributed by atoms with Crippen LogP contribution in [0.4, 0.5) is 0 Å². The largest absolute Gasteiger partial charge is 0.368 e. The van der Waals surface area contributed by atoms with Gasteiger partial charge in [0.25, 0.3) is 0 Å². The molecule has 0 bridgehead atoms. The lowest BCUT2D eigenvalue weighted by Crippen LogP contribution is -2.47. The molecule has 0 aliphatic carbocycles. The Labute approximate surface area is 165 Å². The maximum Gasteiger partial charge on any atom is 0.240 e. The van der Waals surface area contributed by atoms with Crippen molar-refractivity contribution in [1.29, 1.82) is 0 Å². The van der Waals surface area contributed by atoms with Gasteiger partial charge in [-0.25, -0.2) is 0 Å². The fourth-order valence-electron chi connectivity index (χ4n) is 3.51. The highest BCUT2D eigenvalue weighted by Gasteiger charge is 2.38. The van der Waals surface area contributed by atoms with E-state index in [1.165, 1.54) is 0 Å². The van der Waals surface area contributed by atoms with Gasteiger partial charge in [-0.15, -0.1) is 0 Å². The Bertz CT molecular complexity index is 690. The molecule has 0 aromatic heterocycles. The maximum atomic E-state index is 12.4. The van der Waals surface area contributed by atoms with E-state index >= 15 is 0 Å². The number of carbonyl (C=O) groups excluding carboxylic acids is 3. The van der Waals surface area contributed by atoms with Crippen LogP contribution in [-0.4, -0.2) is 29.3 Å². The number of benzene rings is 1. The molecular weight excluding hydrogens is 366 g/mol. The van der Waals surface area contributed by atoms with E-state index in [-0.39, 0.29) is 24.2 Å². The topological polar surface area (TPSA) is 101 Å². The normalized spacial score (nSPS) is 20.4. The van der Waals surface area contributed by atoms with Gasteiger partial charge in [-0.2, -0.15) is 0 Å². The molecule has 2 atom stereocenters. The summed E-state index contributed by atoms with van der Waals surface area (Å²) in [7, 11) is 0. The van der Waals surface area contributed by atoms with E-state index in [0.29, 0.717) is 37.1 Å². The van der Waals surface area contributed by atoms with Crippen molar-refractivity contribution in [2.75, 3.05) is 0 Å². The summed E-state index contributed by atoms with van der Waals surface area (Å²) in [6.45, 7) is 3.94. The summed E-state index contributed by atoms with van der Waals surface area (Å²) in [6, 6.07) is 6.83. The molecule has 1 fully saturated rings. The second-order valence-corrected chi connectivity index (χ2v) is 8.22. The monoisotopic (exact) mass is 393 g/mol. The van der Waals surface area contributed by atoms with Gasteiger partial charge in [-0.3, -0.25) is 14.4 Å². The number of hydrogen-bond acceptors (Lipinski definition) is 3. The summed E-state index contributed by atoms with van der Waals surface area (Å²) in [6.07, 6.45) is 2.98. The van der Waals surface area contributed by atoms with Gasteiger partial charge < -0.3 is 16.4 Å². The first-order valence-corrected chi connectivity index (χ1v) is 9.71. The molecule has 1 aromatic rings. The third-order valence-electron chi connectivity index (χ3n) is 4.91. The molecule has 148 valence electrons. The van der Waals surface area contributed by atoms with Gasteiger partial charge in [-0.05, 0) is 49.3 Å². The van der Waals surface area contributed by atoms with Crippen LogP contribution >= 0.6 is 11.6 Å². The fourth-order valence-corrected chi connectivity index (χ4v) is 3.64. The summed E-state index contributed by atoms with van der Waals surface area (Å²) in [5.41, 5.74) is 5.99. The third kappa shape index (κ3) is 6.54. The highest BCUT2D eigenvalue weighted by Crippen LogP contribution is 2.30. The van der Waals surface area contributed by atoms with Gasteiger partial charge in [0, 0.05) is 23.4 Å². The molecule has 27 heavy (non-hydrogen) atoms. The quantitative estimate of drug-likeness (QED) is 0.600. The molecule has 1 aliphatic rings. The Morgan fingerprint density at radius 2 is 1.96 bits per heavy atom. The minimum atomic E-state index is -0.664. The third-order valence-corrected chi connectivity index (χ3v) is 5.16. The Balaban J connectivity index is 1.99. The average Bonchev–Trinajstić information content (AvgIpc) is 2.95. The summed E-state index contributed by atoms with van der Waals surface area (Å²) in [5, 5.41) is 6.44. The number of amides is 3. The van der Waals surface area contributed by atoms with Crippen LogP contribution in [0.1, 0.15) is 51.5 Å². The SMILES string of the molecule is CC(C)C[C@H](NC(=O)CCC1(Cc2ccc(Cl)cc2)CCC(=O)N1)C(N)=O. The molecule has 1 aliphatic heterocycles. The first kappa shape index (κ1) is 21.2.